The third-order valence-electron chi connectivity index (χ3n) is 0.672. The second-order valence-corrected chi connectivity index (χ2v) is 3.78. The minimum atomic E-state index is -2.40. The first-order chi connectivity index (χ1) is 5.31. The average molecular weight is 193 g/mol. The molecule has 0 aliphatic heterocycles. The minimum Gasteiger partial charge on any atom is -0.444 e. The van der Waals surface area contributed by atoms with Crippen molar-refractivity contribution >= 4 is 21.9 Å². The maximum atomic E-state index is 10.7. The van der Waals surface area contributed by atoms with E-state index in [1.807, 2.05) is 5.32 Å². The van der Waals surface area contributed by atoms with Crippen molar-refractivity contribution in [2.75, 3.05) is 0 Å². The summed E-state index contributed by atoms with van der Waals surface area (Å²) in [5.41, 5.74) is -0.00360. The molecular formula is C6H11NO4S. The molecule has 0 aromatic heterocycles. The van der Waals surface area contributed by atoms with Crippen LogP contribution in [-0.2, 0) is 15.0 Å². The number of carbonyl (C=O) groups excluding carboxylic acids is 1. The number of rotatable bonds is 1. The van der Waals surface area contributed by atoms with Crippen molar-refractivity contribution in [2.45, 2.75) is 26.4 Å². The van der Waals surface area contributed by atoms with Gasteiger partial charge in [-0.1, -0.05) is 0 Å². The maximum absolute atomic E-state index is 10.7. The van der Waals surface area contributed by atoms with Crippen molar-refractivity contribution in [2.24, 2.45) is 0 Å². The summed E-state index contributed by atoms with van der Waals surface area (Å²) in [6.07, 6.45) is -0.785. The van der Waals surface area contributed by atoms with Gasteiger partial charge in [0.25, 0.3) is 0 Å². The lowest BCUT2D eigenvalue weighted by Crippen LogP contribution is -2.31. The quantitative estimate of drug-likeness (QED) is 0.602. The van der Waals surface area contributed by atoms with E-state index in [2.05, 4.69) is 0 Å². The summed E-state index contributed by atoms with van der Waals surface area (Å²) in [6, 6.07) is 0. The number of amides is 1. The molecule has 0 atom stereocenters. The van der Waals surface area contributed by atoms with Crippen LogP contribution in [0.15, 0.2) is 0 Å². The fourth-order valence-corrected chi connectivity index (χ4v) is 0.596. The summed E-state index contributed by atoms with van der Waals surface area (Å²) >= 11 is 0. The predicted molar refractivity (Wildman–Crippen MR) is 44.4 cm³/mol. The van der Waals surface area contributed by atoms with E-state index in [0.717, 1.165) is 0 Å². The van der Waals surface area contributed by atoms with Crippen molar-refractivity contribution in [3.05, 3.63) is 0 Å². The Hall–Kier alpha value is -1.04. The highest BCUT2D eigenvalue weighted by atomic mass is 32.2. The highest BCUT2D eigenvalue weighted by Gasteiger charge is 2.14. The lowest BCUT2D eigenvalue weighted by Gasteiger charge is -2.18. The summed E-state index contributed by atoms with van der Waals surface area (Å²) in [4.78, 5) is 10.7. The first kappa shape index (κ1) is 11.0. The fraction of sp³-hybridized carbons (Fsp3) is 0.667. The van der Waals surface area contributed by atoms with Crippen LogP contribution in [0.2, 0.25) is 0 Å². The summed E-state index contributed by atoms with van der Waals surface area (Å²) in [6.45, 7) is 5.04. The Bertz CT molecular complexity index is 277. The molecule has 5 nitrogen and oxygen atoms in total. The second-order valence-electron chi connectivity index (χ2n) is 3.02. The van der Waals surface area contributed by atoms with E-state index >= 15 is 0 Å². The molecule has 0 rings (SSSR count). The first-order valence-corrected chi connectivity index (χ1v) is 4.36. The van der Waals surface area contributed by atoms with E-state index in [9.17, 15) is 13.2 Å². The average Bonchev–Trinajstić information content (AvgIpc) is 1.79. The molecule has 0 radical (unpaired) electrons. The Kier molecular flexibility index (Phi) is 3.75. The minimum absolute atomic E-state index is 0.619. The van der Waals surface area contributed by atoms with Gasteiger partial charge in [-0.25, -0.2) is 4.79 Å². The van der Waals surface area contributed by atoms with Gasteiger partial charge >= 0.3 is 6.09 Å². The van der Waals surface area contributed by atoms with E-state index < -0.39 is 22.0 Å². The SMILES string of the molecule is CC(C)(C)OC(=O)NC=S(=O)=O. The number of nitrogens with one attached hydrogen (secondary N) is 1. The van der Waals surface area contributed by atoms with Gasteiger partial charge in [-0.05, 0) is 20.8 Å². The van der Waals surface area contributed by atoms with Crippen molar-refractivity contribution in [1.82, 2.24) is 5.32 Å². The molecule has 0 saturated carbocycles. The van der Waals surface area contributed by atoms with Crippen LogP contribution in [-0.4, -0.2) is 25.6 Å². The van der Waals surface area contributed by atoms with Crippen LogP contribution in [0, 0.1) is 0 Å². The topological polar surface area (TPSA) is 72.5 Å². The van der Waals surface area contributed by atoms with Crippen LogP contribution >= 0.6 is 0 Å². The predicted octanol–water partition coefficient (Wildman–Crippen LogP) is 0.150. The molecule has 6 heteroatoms. The molecule has 70 valence electrons. The molecule has 0 aliphatic carbocycles. The Morgan fingerprint density at radius 2 is 1.92 bits per heavy atom. The van der Waals surface area contributed by atoms with Crippen molar-refractivity contribution in [1.29, 1.82) is 0 Å². The van der Waals surface area contributed by atoms with Crippen LogP contribution in [0.4, 0.5) is 4.79 Å². The summed E-state index contributed by atoms with van der Waals surface area (Å²) in [7, 11) is -2.40. The van der Waals surface area contributed by atoms with Crippen LogP contribution in [0.3, 0.4) is 0 Å². The normalized spacial score (nSPS) is 10.2. The standard InChI is InChI=1S/C6H11NO4S/c1-6(2,3)11-5(8)7-4-12(9)10/h4H,1-3H3,(H,7,8). The monoisotopic (exact) mass is 193 g/mol. The summed E-state index contributed by atoms with van der Waals surface area (Å²) in [5, 5.41) is 1.94. The first-order valence-electron chi connectivity index (χ1n) is 3.22. The Labute approximate surface area is 72.2 Å². The number of hydrogen-bond acceptors (Lipinski definition) is 4. The molecule has 0 aliphatic rings. The number of hydrogen-bond donors (Lipinski definition) is 1. The molecule has 0 aromatic carbocycles. The molecule has 1 amide bonds. The van der Waals surface area contributed by atoms with Gasteiger partial charge in [-0.3, -0.25) is 5.32 Å². The van der Waals surface area contributed by atoms with Gasteiger partial charge in [0.15, 0.2) is 0 Å². The van der Waals surface area contributed by atoms with Gasteiger partial charge in [-0.15, -0.1) is 0 Å². The second kappa shape index (κ2) is 4.10. The van der Waals surface area contributed by atoms with Crippen LogP contribution in [0.5, 0.6) is 0 Å². The van der Waals surface area contributed by atoms with Crippen molar-refractivity contribution in [3.8, 4) is 0 Å². The third-order valence-corrected chi connectivity index (χ3v) is 0.982. The van der Waals surface area contributed by atoms with Gasteiger partial charge in [0.2, 0.25) is 10.3 Å². The largest absolute Gasteiger partial charge is 0.444 e. The third kappa shape index (κ3) is 7.07. The molecular weight excluding hydrogens is 182 g/mol. The zero-order valence-corrected chi connectivity index (χ0v) is 7.94. The Morgan fingerprint density at radius 3 is 2.25 bits per heavy atom. The summed E-state index contributed by atoms with van der Waals surface area (Å²) in [5.74, 6) is 0. The zero-order valence-electron chi connectivity index (χ0n) is 7.12. The van der Waals surface area contributed by atoms with Gasteiger partial charge in [0, 0.05) is 0 Å². The van der Waals surface area contributed by atoms with Gasteiger partial charge < -0.3 is 4.74 Å². The van der Waals surface area contributed by atoms with E-state index in [0.29, 0.717) is 5.49 Å². The maximum Gasteiger partial charge on any atom is 0.412 e. The zero-order chi connectivity index (χ0) is 9.78. The van der Waals surface area contributed by atoms with Gasteiger partial charge in [0.05, 0.1) is 0 Å². The Morgan fingerprint density at radius 1 is 1.42 bits per heavy atom. The van der Waals surface area contributed by atoms with Gasteiger partial charge in [-0.2, -0.15) is 8.42 Å². The molecule has 0 aromatic rings. The number of alkyl carbamates (subject to hydrolysis) is 1. The summed E-state index contributed by atoms with van der Waals surface area (Å²) < 4.78 is 24.6. The molecule has 0 unspecified atom stereocenters. The number of ether oxygens (including phenoxy) is 1. The van der Waals surface area contributed by atoms with Crippen LogP contribution in [0.1, 0.15) is 20.8 Å². The number of carbonyl (C=O) groups is 1. The molecule has 0 bridgehead atoms. The fourth-order valence-electron chi connectivity index (χ4n) is 0.404. The van der Waals surface area contributed by atoms with E-state index in [1.54, 1.807) is 20.8 Å². The lowest BCUT2D eigenvalue weighted by molar-refractivity contribution is 0.0566. The van der Waals surface area contributed by atoms with E-state index in [1.165, 1.54) is 0 Å². The van der Waals surface area contributed by atoms with E-state index in [-0.39, 0.29) is 0 Å². The molecule has 12 heavy (non-hydrogen) atoms. The van der Waals surface area contributed by atoms with E-state index in [4.69, 9.17) is 4.74 Å². The molecule has 0 fully saturated rings. The van der Waals surface area contributed by atoms with Crippen LogP contribution < -0.4 is 5.32 Å². The van der Waals surface area contributed by atoms with Gasteiger partial charge in [0.1, 0.15) is 11.1 Å². The molecule has 1 N–H and O–H groups in total. The van der Waals surface area contributed by atoms with Crippen LogP contribution in [0.25, 0.3) is 0 Å². The van der Waals surface area contributed by atoms with Crippen molar-refractivity contribution in [3.63, 3.8) is 0 Å². The highest BCUT2D eigenvalue weighted by Crippen LogP contribution is 2.05. The smallest absolute Gasteiger partial charge is 0.412 e. The Balaban J connectivity index is 4.01. The van der Waals surface area contributed by atoms with Crippen molar-refractivity contribution < 1.29 is 17.9 Å². The molecule has 0 spiro atoms. The lowest BCUT2D eigenvalue weighted by atomic mass is 10.2. The highest BCUT2D eigenvalue weighted by molar-refractivity contribution is 7.71. The molecule has 0 heterocycles. The molecule has 0 saturated heterocycles.